The molecule has 5 atom stereocenters. The summed E-state index contributed by atoms with van der Waals surface area (Å²) in [6.45, 7) is 2.16. The normalized spacial score (nSPS) is 27.3. The monoisotopic (exact) mass is 497 g/mol. The summed E-state index contributed by atoms with van der Waals surface area (Å²) in [6.07, 6.45) is -4.46. The highest BCUT2D eigenvalue weighted by molar-refractivity contribution is 5.89. The summed E-state index contributed by atoms with van der Waals surface area (Å²) < 4.78 is 16.5. The molecule has 0 bridgehead atoms. The zero-order valence-electron chi connectivity index (χ0n) is 19.3. The molecule has 0 saturated carbocycles. The molecule has 1 aromatic rings. The van der Waals surface area contributed by atoms with Crippen LogP contribution in [0.2, 0.25) is 0 Å². The van der Waals surface area contributed by atoms with Gasteiger partial charge in [0.2, 0.25) is 0 Å². The molecule has 2 aliphatic rings. The van der Waals surface area contributed by atoms with Crippen LogP contribution in [0.4, 0.5) is 4.79 Å². The first-order chi connectivity index (χ1) is 16.6. The van der Waals surface area contributed by atoms with Gasteiger partial charge in [-0.15, -0.1) is 0 Å². The lowest BCUT2D eigenvalue weighted by Crippen LogP contribution is -2.56. The van der Waals surface area contributed by atoms with E-state index in [1.54, 1.807) is 6.92 Å². The average Bonchev–Trinajstić information content (AvgIpc) is 2.83. The lowest BCUT2D eigenvalue weighted by atomic mass is 9.93. The van der Waals surface area contributed by atoms with Gasteiger partial charge in [0.15, 0.2) is 0 Å². The van der Waals surface area contributed by atoms with Gasteiger partial charge in [-0.1, -0.05) is 0 Å². The van der Waals surface area contributed by atoms with Crippen LogP contribution in [0.15, 0.2) is 18.2 Å². The van der Waals surface area contributed by atoms with Crippen LogP contribution in [0.1, 0.15) is 43.0 Å². The number of hydrogen-bond acceptors (Lipinski definition) is 9. The minimum atomic E-state index is -1.32. The third kappa shape index (κ3) is 6.82. The Morgan fingerprint density at radius 1 is 1.00 bits per heavy atom. The van der Waals surface area contributed by atoms with E-state index in [0.717, 1.165) is 0 Å². The van der Waals surface area contributed by atoms with Gasteiger partial charge in [-0.25, -0.2) is 9.59 Å². The SMILES string of the molecule is C[C@@H]1O[C@@H](CCCOc2cc(OC(=O)N3CCC(C(=O)O)CC3)cc(C(=O)O)c2)[C@@H](O)[C@H](O)[C@@H]1O. The summed E-state index contributed by atoms with van der Waals surface area (Å²) >= 11 is 0. The Hall–Kier alpha value is -2.93. The topological polar surface area (TPSA) is 183 Å². The number of benzene rings is 1. The molecule has 0 aliphatic carbocycles. The van der Waals surface area contributed by atoms with Gasteiger partial charge in [0.05, 0.1) is 30.3 Å². The van der Waals surface area contributed by atoms with Gasteiger partial charge in [-0.05, 0) is 44.7 Å². The van der Waals surface area contributed by atoms with Gasteiger partial charge in [0.1, 0.15) is 29.8 Å². The maximum absolute atomic E-state index is 12.5. The van der Waals surface area contributed by atoms with E-state index in [-0.39, 0.29) is 36.8 Å². The molecule has 2 saturated heterocycles. The quantitative estimate of drug-likeness (QED) is 0.319. The Bertz CT molecular complexity index is 915. The number of aliphatic hydroxyl groups is 3. The number of piperidine rings is 1. The highest BCUT2D eigenvalue weighted by Crippen LogP contribution is 2.27. The highest BCUT2D eigenvalue weighted by Gasteiger charge is 2.41. The number of nitrogens with zero attached hydrogens (tertiary/aromatic N) is 1. The number of ether oxygens (including phenoxy) is 3. The fourth-order valence-corrected chi connectivity index (χ4v) is 4.16. The summed E-state index contributed by atoms with van der Waals surface area (Å²) in [5.74, 6) is -2.52. The molecule has 0 unspecified atom stereocenters. The van der Waals surface area contributed by atoms with Crippen molar-refractivity contribution in [1.82, 2.24) is 4.90 Å². The Kier molecular flexibility index (Phi) is 8.89. The molecule has 12 nitrogen and oxygen atoms in total. The molecule has 2 aliphatic heterocycles. The standard InChI is InChI=1S/C23H31NO11/c1-12-18(25)20(27)19(26)17(34-12)3-2-8-33-15-9-14(22(30)31)10-16(11-15)35-23(32)24-6-4-13(5-7-24)21(28)29/h9-13,17-20,25-27H,2-8H2,1H3,(H,28,29)(H,30,31)/t12-,17-,18+,19+,20+/m0/s1. The van der Waals surface area contributed by atoms with Crippen molar-refractivity contribution in [2.45, 2.75) is 63.1 Å². The number of amides is 1. The predicted octanol–water partition coefficient (Wildman–Crippen LogP) is 0.709. The number of carbonyl (C=O) groups is 3. The van der Waals surface area contributed by atoms with Crippen LogP contribution in [0.3, 0.4) is 0 Å². The van der Waals surface area contributed by atoms with E-state index in [0.29, 0.717) is 25.7 Å². The number of aliphatic carboxylic acids is 1. The second kappa shape index (κ2) is 11.7. The number of carbonyl (C=O) groups excluding carboxylic acids is 1. The Morgan fingerprint density at radius 3 is 2.29 bits per heavy atom. The maximum atomic E-state index is 12.5. The molecule has 3 rings (SSSR count). The summed E-state index contributed by atoms with van der Waals surface area (Å²) in [7, 11) is 0. The number of hydrogen-bond donors (Lipinski definition) is 5. The zero-order valence-corrected chi connectivity index (χ0v) is 19.3. The third-order valence-electron chi connectivity index (χ3n) is 6.29. The van der Waals surface area contributed by atoms with E-state index in [2.05, 4.69) is 0 Å². The number of aliphatic hydroxyl groups excluding tert-OH is 3. The first-order valence-electron chi connectivity index (χ1n) is 11.5. The zero-order chi connectivity index (χ0) is 25.7. The molecule has 0 radical (unpaired) electrons. The van der Waals surface area contributed by atoms with Crippen molar-refractivity contribution in [1.29, 1.82) is 0 Å². The van der Waals surface area contributed by atoms with Crippen molar-refractivity contribution in [3.05, 3.63) is 23.8 Å². The summed E-state index contributed by atoms with van der Waals surface area (Å²) in [6, 6.07) is 3.85. The van der Waals surface area contributed by atoms with E-state index in [1.165, 1.54) is 23.1 Å². The fourth-order valence-electron chi connectivity index (χ4n) is 4.16. The number of aromatic carboxylic acids is 1. The number of carboxylic acid groups (broad SMARTS) is 2. The minimum absolute atomic E-state index is 0.0257. The first kappa shape index (κ1) is 26.7. The van der Waals surface area contributed by atoms with Gasteiger partial charge < -0.3 is 44.6 Å². The number of rotatable bonds is 8. The van der Waals surface area contributed by atoms with Gasteiger partial charge >= 0.3 is 18.0 Å². The molecule has 12 heteroatoms. The summed E-state index contributed by atoms with van der Waals surface area (Å²) in [5, 5.41) is 48.2. The first-order valence-corrected chi connectivity index (χ1v) is 11.5. The molecule has 35 heavy (non-hydrogen) atoms. The fraction of sp³-hybridized carbons (Fsp3) is 0.609. The predicted molar refractivity (Wildman–Crippen MR) is 118 cm³/mol. The van der Waals surface area contributed by atoms with Crippen LogP contribution in [0.25, 0.3) is 0 Å². The van der Waals surface area contributed by atoms with Gasteiger partial charge in [0, 0.05) is 19.2 Å². The second-order valence-electron chi connectivity index (χ2n) is 8.81. The Labute approximate surface area is 201 Å². The molecule has 0 aromatic heterocycles. The minimum Gasteiger partial charge on any atom is -0.493 e. The molecular weight excluding hydrogens is 466 g/mol. The van der Waals surface area contributed by atoms with Gasteiger partial charge in [-0.2, -0.15) is 0 Å². The Balaban J connectivity index is 1.55. The summed E-state index contributed by atoms with van der Waals surface area (Å²) in [4.78, 5) is 36.4. The van der Waals surface area contributed by atoms with Gasteiger partial charge in [0.25, 0.3) is 0 Å². The van der Waals surface area contributed by atoms with E-state index in [4.69, 9.17) is 19.3 Å². The second-order valence-corrected chi connectivity index (χ2v) is 8.81. The van der Waals surface area contributed by atoms with Crippen LogP contribution in [0.5, 0.6) is 11.5 Å². The van der Waals surface area contributed by atoms with E-state index >= 15 is 0 Å². The molecule has 2 heterocycles. The lowest BCUT2D eigenvalue weighted by molar-refractivity contribution is -0.218. The molecule has 1 amide bonds. The van der Waals surface area contributed by atoms with E-state index < -0.39 is 54.5 Å². The molecule has 0 spiro atoms. The highest BCUT2D eigenvalue weighted by atomic mass is 16.6. The van der Waals surface area contributed by atoms with Crippen molar-refractivity contribution in [2.75, 3.05) is 19.7 Å². The lowest BCUT2D eigenvalue weighted by Gasteiger charge is -2.39. The van der Waals surface area contributed by atoms with Crippen LogP contribution in [-0.2, 0) is 9.53 Å². The number of carboxylic acids is 2. The van der Waals surface area contributed by atoms with Crippen LogP contribution >= 0.6 is 0 Å². The summed E-state index contributed by atoms with van der Waals surface area (Å²) in [5.41, 5.74) is -0.146. The molecule has 1 aromatic carbocycles. The third-order valence-corrected chi connectivity index (χ3v) is 6.29. The molecule has 2 fully saturated rings. The number of likely N-dealkylation sites (tertiary alicyclic amines) is 1. The van der Waals surface area contributed by atoms with E-state index in [1.807, 2.05) is 0 Å². The largest absolute Gasteiger partial charge is 0.493 e. The van der Waals surface area contributed by atoms with E-state index in [9.17, 15) is 34.8 Å². The molecule has 194 valence electrons. The van der Waals surface area contributed by atoms with Crippen molar-refractivity contribution in [2.24, 2.45) is 5.92 Å². The maximum Gasteiger partial charge on any atom is 0.415 e. The molecule has 5 N–H and O–H groups in total. The van der Waals surface area contributed by atoms with Crippen molar-refractivity contribution < 1.29 is 54.1 Å². The van der Waals surface area contributed by atoms with Crippen LogP contribution in [-0.4, -0.2) is 98.7 Å². The van der Waals surface area contributed by atoms with Crippen molar-refractivity contribution >= 4 is 18.0 Å². The average molecular weight is 497 g/mol. The van der Waals surface area contributed by atoms with Crippen LogP contribution in [0, 0.1) is 5.92 Å². The smallest absolute Gasteiger partial charge is 0.415 e. The van der Waals surface area contributed by atoms with Gasteiger partial charge in [-0.3, -0.25) is 4.79 Å². The Morgan fingerprint density at radius 2 is 1.66 bits per heavy atom. The van der Waals surface area contributed by atoms with Crippen LogP contribution < -0.4 is 9.47 Å². The van der Waals surface area contributed by atoms with Crippen molar-refractivity contribution in [3.8, 4) is 11.5 Å². The van der Waals surface area contributed by atoms with Crippen molar-refractivity contribution in [3.63, 3.8) is 0 Å². The molecular formula is C23H31NO11.